The van der Waals surface area contributed by atoms with Crippen LogP contribution in [0.25, 0.3) is 0 Å². The summed E-state index contributed by atoms with van der Waals surface area (Å²) in [5.41, 5.74) is 1.75. The number of benzene rings is 1. The lowest BCUT2D eigenvalue weighted by atomic mass is 9.68. The van der Waals surface area contributed by atoms with E-state index in [9.17, 15) is 9.59 Å². The van der Waals surface area contributed by atoms with Crippen LogP contribution in [0.15, 0.2) is 28.7 Å². The third kappa shape index (κ3) is 4.18. The van der Waals surface area contributed by atoms with Crippen LogP contribution < -0.4 is 14.8 Å². The van der Waals surface area contributed by atoms with E-state index < -0.39 is 12.0 Å². The van der Waals surface area contributed by atoms with Gasteiger partial charge in [-0.1, -0.05) is 0 Å². The van der Waals surface area contributed by atoms with Gasteiger partial charge in [0.1, 0.15) is 11.8 Å². The second-order valence-electron chi connectivity index (χ2n) is 8.37. The number of rotatable bonds is 6. The van der Waals surface area contributed by atoms with E-state index in [2.05, 4.69) is 10.2 Å². The molecule has 1 fully saturated rings. The fourth-order valence-electron chi connectivity index (χ4n) is 5.00. The number of ether oxygens (including phenoxy) is 4. The molecule has 1 aromatic heterocycles. The molecule has 0 radical (unpaired) electrons. The van der Waals surface area contributed by atoms with Crippen LogP contribution in [0.3, 0.4) is 0 Å². The Morgan fingerprint density at radius 2 is 1.82 bits per heavy atom. The Morgan fingerprint density at radius 1 is 1.12 bits per heavy atom. The van der Waals surface area contributed by atoms with Gasteiger partial charge in [-0.3, -0.25) is 9.69 Å². The topological polar surface area (TPSA) is 99.5 Å². The Morgan fingerprint density at radius 3 is 2.45 bits per heavy atom. The van der Waals surface area contributed by atoms with Gasteiger partial charge in [0, 0.05) is 32.2 Å². The van der Waals surface area contributed by atoms with Gasteiger partial charge >= 0.3 is 5.97 Å². The monoisotopic (exact) mass is 458 g/mol. The lowest BCUT2D eigenvalue weighted by molar-refractivity contribution is -0.128. The molecule has 0 aliphatic carbocycles. The fraction of sp³-hybridized carbons (Fsp3) is 0.500. The van der Waals surface area contributed by atoms with E-state index in [0.717, 1.165) is 24.0 Å². The molecule has 2 aromatic rings. The standard InChI is InChI=1S/C24H30N2O7/c1-25-22(27)21-16-11-19(29-2)20(30-3)12-17(16)24(7-9-32-10-8-24)14-26(21)13-15-5-6-18(33-15)23(28)31-4/h5-6,11-12,21H,7-10,13-14H2,1-4H3,(H,25,27). The Labute approximate surface area is 192 Å². The van der Waals surface area contributed by atoms with Crippen molar-refractivity contribution in [1.82, 2.24) is 10.2 Å². The number of likely N-dealkylation sites (N-methyl/N-ethyl adjacent to an activating group) is 1. The van der Waals surface area contributed by atoms with Crippen molar-refractivity contribution in [2.45, 2.75) is 30.8 Å². The molecule has 3 heterocycles. The van der Waals surface area contributed by atoms with E-state index >= 15 is 0 Å². The number of carbonyl (C=O) groups is 2. The van der Waals surface area contributed by atoms with E-state index in [1.807, 2.05) is 12.1 Å². The lowest BCUT2D eigenvalue weighted by Gasteiger charge is -2.49. The molecule has 1 unspecified atom stereocenters. The molecule has 2 aliphatic heterocycles. The zero-order valence-electron chi connectivity index (χ0n) is 19.4. The minimum absolute atomic E-state index is 0.133. The Hall–Kier alpha value is -3.04. The van der Waals surface area contributed by atoms with Crippen LogP contribution in [0.4, 0.5) is 0 Å². The number of nitrogens with zero attached hydrogens (tertiary/aromatic N) is 1. The molecule has 4 rings (SSSR count). The maximum absolute atomic E-state index is 13.2. The first-order valence-corrected chi connectivity index (χ1v) is 10.9. The van der Waals surface area contributed by atoms with Crippen LogP contribution >= 0.6 is 0 Å². The van der Waals surface area contributed by atoms with Crippen LogP contribution in [0.1, 0.15) is 46.3 Å². The molecule has 1 saturated heterocycles. The van der Waals surface area contributed by atoms with Crippen molar-refractivity contribution in [3.63, 3.8) is 0 Å². The number of furan rings is 1. The molecule has 1 atom stereocenters. The van der Waals surface area contributed by atoms with Crippen LogP contribution in [-0.2, 0) is 26.2 Å². The van der Waals surface area contributed by atoms with Gasteiger partial charge in [0.15, 0.2) is 11.5 Å². The Bertz CT molecular complexity index is 1030. The second kappa shape index (κ2) is 9.44. The first kappa shape index (κ1) is 23.1. The number of fused-ring (bicyclic) bond motifs is 2. The quantitative estimate of drug-likeness (QED) is 0.659. The molecule has 33 heavy (non-hydrogen) atoms. The highest BCUT2D eigenvalue weighted by Crippen LogP contribution is 2.49. The molecule has 1 amide bonds. The van der Waals surface area contributed by atoms with Crippen molar-refractivity contribution in [2.75, 3.05) is 48.1 Å². The summed E-state index contributed by atoms with van der Waals surface area (Å²) in [6.45, 7) is 2.26. The Kier molecular flexibility index (Phi) is 6.62. The summed E-state index contributed by atoms with van der Waals surface area (Å²) in [6, 6.07) is 6.68. The van der Waals surface area contributed by atoms with Gasteiger partial charge in [0.25, 0.3) is 0 Å². The van der Waals surface area contributed by atoms with Crippen LogP contribution in [0.2, 0.25) is 0 Å². The average molecular weight is 459 g/mol. The molecule has 9 heteroatoms. The van der Waals surface area contributed by atoms with E-state index in [1.54, 1.807) is 33.4 Å². The SMILES string of the molecule is CNC(=O)C1c2cc(OC)c(OC)cc2C2(CCOCC2)CN1Cc1ccc(C(=O)OC)o1. The molecular weight excluding hydrogens is 428 g/mol. The number of hydrogen-bond donors (Lipinski definition) is 1. The summed E-state index contributed by atoms with van der Waals surface area (Å²) >= 11 is 0. The van der Waals surface area contributed by atoms with Crippen LogP contribution in [0.5, 0.6) is 11.5 Å². The summed E-state index contributed by atoms with van der Waals surface area (Å²) in [6.07, 6.45) is 1.63. The van der Waals surface area contributed by atoms with E-state index in [-0.39, 0.29) is 17.1 Å². The van der Waals surface area contributed by atoms with Gasteiger partial charge < -0.3 is 28.7 Å². The number of amides is 1. The van der Waals surface area contributed by atoms with Crippen molar-refractivity contribution in [1.29, 1.82) is 0 Å². The zero-order valence-corrected chi connectivity index (χ0v) is 19.4. The summed E-state index contributed by atoms with van der Waals surface area (Å²) < 4.78 is 27.3. The highest BCUT2D eigenvalue weighted by molar-refractivity contribution is 5.86. The van der Waals surface area contributed by atoms with Gasteiger partial charge in [-0.05, 0) is 48.2 Å². The fourth-order valence-corrected chi connectivity index (χ4v) is 5.00. The molecule has 0 bridgehead atoms. The van der Waals surface area contributed by atoms with Crippen molar-refractivity contribution in [3.8, 4) is 11.5 Å². The largest absolute Gasteiger partial charge is 0.493 e. The summed E-state index contributed by atoms with van der Waals surface area (Å²) in [5.74, 6) is 1.25. The van der Waals surface area contributed by atoms with Gasteiger partial charge in [-0.2, -0.15) is 0 Å². The predicted octanol–water partition coefficient (Wildman–Crippen LogP) is 2.43. The van der Waals surface area contributed by atoms with E-state index in [4.69, 9.17) is 23.4 Å². The van der Waals surface area contributed by atoms with Gasteiger partial charge in [0.2, 0.25) is 11.7 Å². The number of esters is 1. The number of hydrogen-bond acceptors (Lipinski definition) is 8. The maximum atomic E-state index is 13.2. The van der Waals surface area contributed by atoms with Gasteiger partial charge in [-0.25, -0.2) is 4.79 Å². The minimum atomic E-state index is -0.565. The smallest absolute Gasteiger partial charge is 0.373 e. The molecule has 178 valence electrons. The van der Waals surface area contributed by atoms with Gasteiger partial charge in [0.05, 0.1) is 27.9 Å². The molecule has 1 aromatic carbocycles. The number of methoxy groups -OCH3 is 3. The van der Waals surface area contributed by atoms with Gasteiger partial charge in [-0.15, -0.1) is 0 Å². The Balaban J connectivity index is 1.81. The lowest BCUT2D eigenvalue weighted by Crippen LogP contribution is -2.53. The van der Waals surface area contributed by atoms with Crippen LogP contribution in [-0.4, -0.2) is 64.9 Å². The maximum Gasteiger partial charge on any atom is 0.373 e. The van der Waals surface area contributed by atoms with Crippen LogP contribution in [0, 0.1) is 0 Å². The van der Waals surface area contributed by atoms with Crippen molar-refractivity contribution >= 4 is 11.9 Å². The summed E-state index contributed by atoms with van der Waals surface area (Å²) in [7, 11) is 6.13. The highest BCUT2D eigenvalue weighted by Gasteiger charge is 2.47. The second-order valence-corrected chi connectivity index (χ2v) is 8.37. The first-order valence-electron chi connectivity index (χ1n) is 10.9. The average Bonchev–Trinajstić information content (AvgIpc) is 3.31. The summed E-state index contributed by atoms with van der Waals surface area (Å²) in [4.78, 5) is 27.1. The zero-order chi connectivity index (χ0) is 23.6. The summed E-state index contributed by atoms with van der Waals surface area (Å²) in [5, 5.41) is 2.80. The third-order valence-corrected chi connectivity index (χ3v) is 6.64. The molecule has 1 spiro atoms. The predicted molar refractivity (Wildman–Crippen MR) is 119 cm³/mol. The molecule has 1 N–H and O–H groups in total. The molecule has 2 aliphatic rings. The number of nitrogens with one attached hydrogen (secondary N) is 1. The first-order chi connectivity index (χ1) is 16.0. The van der Waals surface area contributed by atoms with E-state index in [1.165, 1.54) is 7.11 Å². The van der Waals surface area contributed by atoms with Crippen molar-refractivity contribution in [2.24, 2.45) is 0 Å². The van der Waals surface area contributed by atoms with Crippen molar-refractivity contribution < 1.29 is 33.0 Å². The van der Waals surface area contributed by atoms with Crippen molar-refractivity contribution in [3.05, 3.63) is 46.9 Å². The molecule has 9 nitrogen and oxygen atoms in total. The minimum Gasteiger partial charge on any atom is -0.493 e. The normalized spacial score (nSPS) is 19.6. The highest BCUT2D eigenvalue weighted by atomic mass is 16.5. The van der Waals surface area contributed by atoms with E-state index in [0.29, 0.717) is 43.6 Å². The number of carbonyl (C=O) groups excluding carboxylic acids is 2. The molecular formula is C24H30N2O7. The third-order valence-electron chi connectivity index (χ3n) is 6.64. The molecule has 0 saturated carbocycles.